The van der Waals surface area contributed by atoms with Gasteiger partial charge in [0.2, 0.25) is 0 Å². The number of nitrogens with one attached hydrogen (secondary N) is 2. The van der Waals surface area contributed by atoms with Crippen LogP contribution >= 0.6 is 0 Å². The second-order valence-corrected chi connectivity index (χ2v) is 5.45. The number of aryl methyl sites for hydroxylation is 2. The van der Waals surface area contributed by atoms with Gasteiger partial charge in [-0.2, -0.15) is 0 Å². The van der Waals surface area contributed by atoms with Crippen molar-refractivity contribution in [2.24, 2.45) is 0 Å². The Bertz CT molecular complexity index is 661. The Balaban J connectivity index is 2.00. The molecule has 0 aliphatic carbocycles. The third-order valence-electron chi connectivity index (χ3n) is 3.95. The van der Waals surface area contributed by atoms with Gasteiger partial charge in [0, 0.05) is 12.1 Å². The van der Waals surface area contributed by atoms with Crippen LogP contribution in [0.1, 0.15) is 45.5 Å². The summed E-state index contributed by atoms with van der Waals surface area (Å²) in [6.45, 7) is 2.68. The van der Waals surface area contributed by atoms with Gasteiger partial charge < -0.3 is 15.1 Å². The van der Waals surface area contributed by atoms with Gasteiger partial charge in [-0.15, -0.1) is 0 Å². The molecule has 1 aliphatic rings. The molecule has 1 amide bonds. The third-order valence-corrected chi connectivity index (χ3v) is 3.95. The first-order valence-corrected chi connectivity index (χ1v) is 7.33. The van der Waals surface area contributed by atoms with Crippen molar-refractivity contribution in [3.8, 4) is 0 Å². The fourth-order valence-electron chi connectivity index (χ4n) is 2.86. The van der Waals surface area contributed by atoms with Crippen LogP contribution in [0.25, 0.3) is 0 Å². The Morgan fingerprint density at radius 2 is 2.14 bits per heavy atom. The number of benzene rings is 1. The van der Waals surface area contributed by atoms with Gasteiger partial charge in [0.15, 0.2) is 0 Å². The normalized spacial score (nSPS) is 16.0. The summed E-state index contributed by atoms with van der Waals surface area (Å²) in [5.74, 6) is 1.77. The van der Waals surface area contributed by atoms with E-state index in [1.807, 2.05) is 32.2 Å². The van der Waals surface area contributed by atoms with Gasteiger partial charge in [-0.05, 0) is 56.1 Å². The van der Waals surface area contributed by atoms with E-state index in [-0.39, 0.29) is 11.9 Å². The lowest BCUT2D eigenvalue weighted by Crippen LogP contribution is -2.23. The second-order valence-electron chi connectivity index (χ2n) is 5.45. The van der Waals surface area contributed by atoms with Crippen molar-refractivity contribution in [2.45, 2.75) is 25.8 Å². The smallest absolute Gasteiger partial charge is 0.251 e. The Morgan fingerprint density at radius 1 is 1.29 bits per heavy atom. The Labute approximate surface area is 124 Å². The van der Waals surface area contributed by atoms with E-state index in [9.17, 15) is 4.79 Å². The van der Waals surface area contributed by atoms with Gasteiger partial charge in [0.05, 0.1) is 6.04 Å². The van der Waals surface area contributed by atoms with Crippen LogP contribution in [-0.2, 0) is 6.42 Å². The molecule has 0 bridgehead atoms. The number of fused-ring (bicyclic) bond motifs is 1. The predicted octanol–water partition coefficient (Wildman–Crippen LogP) is 2.57. The van der Waals surface area contributed by atoms with Crippen LogP contribution in [0.15, 0.2) is 34.7 Å². The summed E-state index contributed by atoms with van der Waals surface area (Å²) >= 11 is 0. The molecule has 1 aromatic carbocycles. The number of hydrogen-bond acceptors (Lipinski definition) is 3. The van der Waals surface area contributed by atoms with Gasteiger partial charge in [0.25, 0.3) is 5.91 Å². The number of hydrogen-bond donors (Lipinski definition) is 2. The summed E-state index contributed by atoms with van der Waals surface area (Å²) in [5.41, 5.74) is 2.95. The Kier molecular flexibility index (Phi) is 3.80. The molecule has 0 saturated carbocycles. The summed E-state index contributed by atoms with van der Waals surface area (Å²) in [5, 5.41) is 6.21. The quantitative estimate of drug-likeness (QED) is 0.911. The highest BCUT2D eigenvalue weighted by molar-refractivity contribution is 5.96. The van der Waals surface area contributed by atoms with Crippen LogP contribution in [0.3, 0.4) is 0 Å². The molecule has 21 heavy (non-hydrogen) atoms. The number of carbonyl (C=O) groups excluding carboxylic acids is 1. The van der Waals surface area contributed by atoms with Crippen LogP contribution < -0.4 is 10.6 Å². The molecule has 4 nitrogen and oxygen atoms in total. The second kappa shape index (κ2) is 5.74. The molecule has 1 unspecified atom stereocenters. The standard InChI is InChI=1S/C17H20N2O2/c1-11-5-8-15(21-11)16(18-2)13-7-6-12-4-3-9-19-17(20)14(12)10-13/h5-8,10,16,18H,3-4,9H2,1-2H3,(H,19,20). The SMILES string of the molecule is CNC(c1ccc2c(c1)C(=O)NCCC2)c1ccc(C)o1. The molecule has 2 aromatic rings. The topological polar surface area (TPSA) is 54.3 Å². The van der Waals surface area contributed by atoms with E-state index in [1.54, 1.807) is 0 Å². The van der Waals surface area contributed by atoms with Gasteiger partial charge in [-0.25, -0.2) is 0 Å². The maximum Gasteiger partial charge on any atom is 0.251 e. The fraction of sp³-hybridized carbons (Fsp3) is 0.353. The van der Waals surface area contributed by atoms with Crippen LogP contribution in [0, 0.1) is 6.92 Å². The van der Waals surface area contributed by atoms with Crippen molar-refractivity contribution in [3.63, 3.8) is 0 Å². The van der Waals surface area contributed by atoms with Crippen molar-refractivity contribution in [1.82, 2.24) is 10.6 Å². The number of carbonyl (C=O) groups is 1. The summed E-state index contributed by atoms with van der Waals surface area (Å²) in [6, 6.07) is 10.0. The van der Waals surface area contributed by atoms with E-state index >= 15 is 0 Å². The highest BCUT2D eigenvalue weighted by atomic mass is 16.3. The van der Waals surface area contributed by atoms with Crippen LogP contribution in [0.4, 0.5) is 0 Å². The minimum absolute atomic E-state index is 0.0230. The molecule has 110 valence electrons. The summed E-state index contributed by atoms with van der Waals surface area (Å²) < 4.78 is 5.72. The molecule has 1 aliphatic heterocycles. The van der Waals surface area contributed by atoms with E-state index < -0.39 is 0 Å². The van der Waals surface area contributed by atoms with E-state index in [4.69, 9.17) is 4.42 Å². The zero-order chi connectivity index (χ0) is 14.8. The van der Waals surface area contributed by atoms with Crippen molar-refractivity contribution < 1.29 is 9.21 Å². The lowest BCUT2D eigenvalue weighted by Gasteiger charge is -2.16. The molecule has 1 aromatic heterocycles. The first kappa shape index (κ1) is 13.9. The molecule has 0 spiro atoms. The van der Waals surface area contributed by atoms with Crippen LogP contribution in [0.2, 0.25) is 0 Å². The molecular formula is C17H20N2O2. The maximum absolute atomic E-state index is 12.2. The maximum atomic E-state index is 12.2. The molecule has 0 fully saturated rings. The molecule has 2 N–H and O–H groups in total. The lowest BCUT2D eigenvalue weighted by molar-refractivity contribution is 0.0956. The Hall–Kier alpha value is -2.07. The molecule has 4 heteroatoms. The van der Waals surface area contributed by atoms with E-state index in [2.05, 4.69) is 22.8 Å². The molecular weight excluding hydrogens is 264 g/mol. The van der Waals surface area contributed by atoms with Crippen molar-refractivity contribution in [1.29, 1.82) is 0 Å². The van der Waals surface area contributed by atoms with Crippen LogP contribution in [-0.4, -0.2) is 19.5 Å². The highest BCUT2D eigenvalue weighted by Crippen LogP contribution is 2.26. The zero-order valence-corrected chi connectivity index (χ0v) is 12.4. The summed E-state index contributed by atoms with van der Waals surface area (Å²) in [7, 11) is 1.90. The molecule has 1 atom stereocenters. The first-order chi connectivity index (χ1) is 10.2. The van der Waals surface area contributed by atoms with Crippen LogP contribution in [0.5, 0.6) is 0 Å². The molecule has 0 saturated heterocycles. The average Bonchev–Trinajstić information content (AvgIpc) is 2.82. The van der Waals surface area contributed by atoms with Crippen molar-refractivity contribution in [2.75, 3.05) is 13.6 Å². The number of rotatable bonds is 3. The van der Waals surface area contributed by atoms with Gasteiger partial charge in [0.1, 0.15) is 11.5 Å². The summed E-state index contributed by atoms with van der Waals surface area (Å²) in [6.07, 6.45) is 1.93. The monoisotopic (exact) mass is 284 g/mol. The highest BCUT2D eigenvalue weighted by Gasteiger charge is 2.20. The number of amides is 1. The lowest BCUT2D eigenvalue weighted by atomic mass is 9.96. The minimum atomic E-state index is -0.0416. The Morgan fingerprint density at radius 3 is 2.86 bits per heavy atom. The predicted molar refractivity (Wildman–Crippen MR) is 81.4 cm³/mol. The zero-order valence-electron chi connectivity index (χ0n) is 12.4. The molecule has 3 rings (SSSR count). The van der Waals surface area contributed by atoms with Crippen molar-refractivity contribution in [3.05, 3.63) is 58.5 Å². The molecule has 0 radical (unpaired) electrons. The average molecular weight is 284 g/mol. The van der Waals surface area contributed by atoms with Gasteiger partial charge in [-0.3, -0.25) is 4.79 Å². The van der Waals surface area contributed by atoms with E-state index in [0.717, 1.165) is 47.6 Å². The van der Waals surface area contributed by atoms with Crippen molar-refractivity contribution >= 4 is 5.91 Å². The summed E-state index contributed by atoms with van der Waals surface area (Å²) in [4.78, 5) is 12.2. The minimum Gasteiger partial charge on any atom is -0.464 e. The van der Waals surface area contributed by atoms with Gasteiger partial charge in [-0.1, -0.05) is 12.1 Å². The fourth-order valence-corrected chi connectivity index (χ4v) is 2.86. The van der Waals surface area contributed by atoms with Gasteiger partial charge >= 0.3 is 0 Å². The largest absolute Gasteiger partial charge is 0.464 e. The number of furan rings is 1. The molecule has 2 heterocycles. The van der Waals surface area contributed by atoms with E-state index in [0.29, 0.717) is 0 Å². The third kappa shape index (κ3) is 2.72. The first-order valence-electron chi connectivity index (χ1n) is 7.33. The van der Waals surface area contributed by atoms with E-state index in [1.165, 1.54) is 0 Å².